The number of hydrogen-bond acceptors (Lipinski definition) is 9. The average molecular weight is 497 g/mol. The summed E-state index contributed by atoms with van der Waals surface area (Å²) in [6.45, 7) is 6.35. The van der Waals surface area contributed by atoms with E-state index in [-0.39, 0.29) is 12.8 Å². The first-order valence-electron chi connectivity index (χ1n) is 11.6. The van der Waals surface area contributed by atoms with Crippen molar-refractivity contribution in [3.05, 3.63) is 35.9 Å². The Morgan fingerprint density at radius 1 is 1.09 bits per heavy atom. The minimum atomic E-state index is -1.63. The first kappa shape index (κ1) is 28.5. The van der Waals surface area contributed by atoms with Crippen LogP contribution in [-0.2, 0) is 30.2 Å². The zero-order chi connectivity index (χ0) is 26.2. The van der Waals surface area contributed by atoms with Crippen molar-refractivity contribution in [1.29, 1.82) is 0 Å². The maximum absolute atomic E-state index is 12.8. The minimum absolute atomic E-state index is 0.115. The lowest BCUT2D eigenvalue weighted by atomic mass is 9.97. The van der Waals surface area contributed by atoms with Crippen LogP contribution >= 0.6 is 0 Å². The molecule has 11 nitrogen and oxygen atoms in total. The lowest BCUT2D eigenvalue weighted by molar-refractivity contribution is -0.255. The van der Waals surface area contributed by atoms with Crippen molar-refractivity contribution in [2.24, 2.45) is 0 Å². The molecule has 0 bridgehead atoms. The fourth-order valence-electron chi connectivity index (χ4n) is 3.48. The fraction of sp³-hybridized carbons (Fsp3) is 0.625. The summed E-state index contributed by atoms with van der Waals surface area (Å²) < 4.78 is 15.8. The van der Waals surface area contributed by atoms with E-state index in [0.29, 0.717) is 6.42 Å². The largest absolute Gasteiger partial charge is 0.461 e. The van der Waals surface area contributed by atoms with Gasteiger partial charge in [0.25, 0.3) is 0 Å². The van der Waals surface area contributed by atoms with Crippen LogP contribution in [0.5, 0.6) is 0 Å². The quantitative estimate of drug-likeness (QED) is 0.304. The third-order valence-corrected chi connectivity index (χ3v) is 5.17. The van der Waals surface area contributed by atoms with Crippen molar-refractivity contribution in [2.45, 2.75) is 89.2 Å². The van der Waals surface area contributed by atoms with Crippen LogP contribution in [0.15, 0.2) is 30.3 Å². The van der Waals surface area contributed by atoms with Gasteiger partial charge in [0.15, 0.2) is 6.29 Å². The Kier molecular flexibility index (Phi) is 10.4. The average Bonchev–Trinajstić information content (AvgIpc) is 2.77. The number of aliphatic hydroxyl groups excluding tert-OH is 3. The molecule has 2 amide bonds. The summed E-state index contributed by atoms with van der Waals surface area (Å²) in [4.78, 5) is 36.9. The van der Waals surface area contributed by atoms with Gasteiger partial charge in [0.1, 0.15) is 42.6 Å². The second-order valence-electron chi connectivity index (χ2n) is 9.41. The SMILES string of the molecule is CCCC(=O)N[C@H]1C(O)O[C@H](COC(=O)[C@H](Cc2ccccc2)NC(=O)OC(C)(C)C)[C@@H](O)[C@@H]1O. The third kappa shape index (κ3) is 9.10. The number of carbonyl (C=O) groups is 3. The zero-order valence-electron chi connectivity index (χ0n) is 20.5. The Morgan fingerprint density at radius 3 is 2.34 bits per heavy atom. The number of amides is 2. The predicted octanol–water partition coefficient (Wildman–Crippen LogP) is 0.390. The van der Waals surface area contributed by atoms with Gasteiger partial charge in [-0.05, 0) is 32.8 Å². The number of alkyl carbamates (subject to hydrolysis) is 1. The molecule has 0 aliphatic carbocycles. The van der Waals surface area contributed by atoms with E-state index < -0.39 is 66.9 Å². The molecule has 35 heavy (non-hydrogen) atoms. The number of aliphatic hydroxyl groups is 3. The Labute approximate surface area is 204 Å². The highest BCUT2D eigenvalue weighted by molar-refractivity contribution is 5.81. The van der Waals surface area contributed by atoms with Gasteiger partial charge >= 0.3 is 12.1 Å². The summed E-state index contributed by atoms with van der Waals surface area (Å²) in [6, 6.07) is 6.61. The maximum atomic E-state index is 12.8. The molecular formula is C24H36N2O9. The van der Waals surface area contributed by atoms with E-state index in [1.165, 1.54) is 0 Å². The van der Waals surface area contributed by atoms with Crippen molar-refractivity contribution in [3.8, 4) is 0 Å². The highest BCUT2D eigenvalue weighted by atomic mass is 16.6. The second-order valence-corrected chi connectivity index (χ2v) is 9.41. The number of nitrogens with one attached hydrogen (secondary N) is 2. The van der Waals surface area contributed by atoms with Gasteiger partial charge in [-0.2, -0.15) is 0 Å². The molecule has 6 atom stereocenters. The lowest BCUT2D eigenvalue weighted by Gasteiger charge is -2.40. The Morgan fingerprint density at radius 2 is 1.74 bits per heavy atom. The van der Waals surface area contributed by atoms with E-state index in [4.69, 9.17) is 14.2 Å². The van der Waals surface area contributed by atoms with E-state index in [2.05, 4.69) is 10.6 Å². The summed E-state index contributed by atoms with van der Waals surface area (Å²) in [5.41, 5.74) is -0.0169. The van der Waals surface area contributed by atoms with Crippen LogP contribution in [-0.4, -0.2) is 82.2 Å². The van der Waals surface area contributed by atoms with Crippen LogP contribution in [0.4, 0.5) is 4.79 Å². The van der Waals surface area contributed by atoms with Gasteiger partial charge in [0.2, 0.25) is 5.91 Å². The van der Waals surface area contributed by atoms with Crippen LogP contribution in [0.1, 0.15) is 46.1 Å². The molecule has 1 aliphatic rings. The molecule has 0 radical (unpaired) electrons. The molecule has 0 aromatic heterocycles. The van der Waals surface area contributed by atoms with Crippen LogP contribution in [0.25, 0.3) is 0 Å². The van der Waals surface area contributed by atoms with Gasteiger partial charge in [0.05, 0.1) is 0 Å². The number of rotatable bonds is 9. The highest BCUT2D eigenvalue weighted by Crippen LogP contribution is 2.21. The zero-order valence-corrected chi connectivity index (χ0v) is 20.5. The summed E-state index contributed by atoms with van der Waals surface area (Å²) in [6.07, 6.45) is -5.94. The molecule has 0 spiro atoms. The van der Waals surface area contributed by atoms with Gasteiger partial charge in [-0.1, -0.05) is 37.3 Å². The Balaban J connectivity index is 2.02. The number of hydrogen-bond donors (Lipinski definition) is 5. The normalized spacial score (nSPS) is 25.3. The minimum Gasteiger partial charge on any atom is -0.461 e. The maximum Gasteiger partial charge on any atom is 0.408 e. The lowest BCUT2D eigenvalue weighted by Crippen LogP contribution is -2.64. The molecule has 1 aliphatic heterocycles. The summed E-state index contributed by atoms with van der Waals surface area (Å²) in [5.74, 6) is -1.23. The van der Waals surface area contributed by atoms with Gasteiger partial charge in [-0.3, -0.25) is 4.79 Å². The van der Waals surface area contributed by atoms with Crippen molar-refractivity contribution in [1.82, 2.24) is 10.6 Å². The molecule has 2 rings (SSSR count). The van der Waals surface area contributed by atoms with Crippen LogP contribution < -0.4 is 10.6 Å². The first-order chi connectivity index (χ1) is 16.4. The molecule has 1 aromatic carbocycles. The summed E-state index contributed by atoms with van der Waals surface area (Å²) >= 11 is 0. The van der Waals surface area contributed by atoms with Crippen molar-refractivity contribution in [3.63, 3.8) is 0 Å². The van der Waals surface area contributed by atoms with Gasteiger partial charge in [-0.15, -0.1) is 0 Å². The van der Waals surface area contributed by atoms with Gasteiger partial charge < -0.3 is 40.2 Å². The van der Waals surface area contributed by atoms with Crippen LogP contribution in [0.2, 0.25) is 0 Å². The Hall–Kier alpha value is -2.73. The van der Waals surface area contributed by atoms with Gasteiger partial charge in [0, 0.05) is 12.8 Å². The first-order valence-corrected chi connectivity index (χ1v) is 11.6. The fourth-order valence-corrected chi connectivity index (χ4v) is 3.48. The van der Waals surface area contributed by atoms with E-state index >= 15 is 0 Å². The monoisotopic (exact) mass is 496 g/mol. The van der Waals surface area contributed by atoms with E-state index in [9.17, 15) is 29.7 Å². The number of ether oxygens (including phenoxy) is 3. The van der Waals surface area contributed by atoms with E-state index in [1.54, 1.807) is 52.0 Å². The molecule has 11 heteroatoms. The third-order valence-electron chi connectivity index (χ3n) is 5.17. The Bertz CT molecular complexity index is 843. The van der Waals surface area contributed by atoms with Crippen molar-refractivity contribution in [2.75, 3.05) is 6.61 Å². The molecule has 1 fully saturated rings. The molecule has 1 aromatic rings. The summed E-state index contributed by atoms with van der Waals surface area (Å²) in [7, 11) is 0. The molecule has 1 unspecified atom stereocenters. The highest BCUT2D eigenvalue weighted by Gasteiger charge is 2.45. The molecular weight excluding hydrogens is 460 g/mol. The molecule has 1 saturated heterocycles. The van der Waals surface area contributed by atoms with Crippen molar-refractivity contribution >= 4 is 18.0 Å². The van der Waals surface area contributed by atoms with E-state index in [1.807, 2.05) is 6.07 Å². The van der Waals surface area contributed by atoms with Gasteiger partial charge in [-0.25, -0.2) is 9.59 Å². The standard InChI is InChI=1S/C24H36N2O9/c1-5-9-17(27)26-18-20(29)19(28)16(34-22(18)31)13-33-21(30)15(12-14-10-7-6-8-11-14)25-23(32)35-24(2,3)4/h6-8,10-11,15-16,18-20,22,28-29,31H,5,9,12-13H2,1-4H3,(H,25,32)(H,26,27)/t15-,16+,18+,19+,20+,22?/m0/s1. The van der Waals surface area contributed by atoms with Crippen LogP contribution in [0.3, 0.4) is 0 Å². The number of benzene rings is 1. The molecule has 0 saturated carbocycles. The number of esters is 1. The van der Waals surface area contributed by atoms with Crippen molar-refractivity contribution < 1.29 is 43.9 Å². The number of carbonyl (C=O) groups excluding carboxylic acids is 3. The summed E-state index contributed by atoms with van der Waals surface area (Å²) in [5, 5.41) is 35.9. The molecule has 5 N–H and O–H groups in total. The molecule has 196 valence electrons. The smallest absolute Gasteiger partial charge is 0.408 e. The van der Waals surface area contributed by atoms with Crippen LogP contribution in [0, 0.1) is 0 Å². The second kappa shape index (κ2) is 12.8. The predicted molar refractivity (Wildman–Crippen MR) is 124 cm³/mol. The molecule has 1 heterocycles. The topological polar surface area (TPSA) is 164 Å². The van der Waals surface area contributed by atoms with E-state index in [0.717, 1.165) is 5.56 Å².